The van der Waals surface area contributed by atoms with E-state index in [4.69, 9.17) is 0 Å². The summed E-state index contributed by atoms with van der Waals surface area (Å²) < 4.78 is 27.0. The van der Waals surface area contributed by atoms with Crippen LogP contribution in [0.5, 0.6) is 0 Å². The zero-order chi connectivity index (χ0) is 15.0. The van der Waals surface area contributed by atoms with E-state index in [1.165, 1.54) is 32.6 Å². The van der Waals surface area contributed by atoms with Crippen molar-refractivity contribution in [3.05, 3.63) is 34.9 Å². The number of aryl methyl sites for hydroxylation is 1. The second-order valence-electron chi connectivity index (χ2n) is 5.38. The third-order valence-electron chi connectivity index (χ3n) is 3.56. The van der Waals surface area contributed by atoms with Crippen molar-refractivity contribution in [3.63, 3.8) is 0 Å². The average molecular weight is 282 g/mol. The van der Waals surface area contributed by atoms with Crippen molar-refractivity contribution in [1.29, 1.82) is 0 Å². The topological polar surface area (TPSA) is 17.1 Å². The first-order valence-electron chi connectivity index (χ1n) is 7.55. The minimum Gasteiger partial charge on any atom is -0.294 e. The van der Waals surface area contributed by atoms with Gasteiger partial charge in [-0.3, -0.25) is 4.79 Å². The molecule has 20 heavy (non-hydrogen) atoms. The second kappa shape index (κ2) is 8.83. The molecule has 0 bridgehead atoms. The molecule has 0 unspecified atom stereocenters. The fraction of sp³-hybridized carbons (Fsp3) is 0.588. The van der Waals surface area contributed by atoms with Crippen LogP contribution < -0.4 is 0 Å². The molecule has 0 aromatic heterocycles. The first kappa shape index (κ1) is 16.8. The number of ketones is 1. The number of carbonyl (C=O) groups is 1. The Morgan fingerprint density at radius 2 is 1.55 bits per heavy atom. The fourth-order valence-corrected chi connectivity index (χ4v) is 2.24. The van der Waals surface area contributed by atoms with Crippen LogP contribution in [0.3, 0.4) is 0 Å². The van der Waals surface area contributed by atoms with E-state index >= 15 is 0 Å². The maximum absolute atomic E-state index is 13.6. The van der Waals surface area contributed by atoms with Gasteiger partial charge in [-0.2, -0.15) is 0 Å². The van der Waals surface area contributed by atoms with Crippen molar-refractivity contribution >= 4 is 5.78 Å². The molecular weight excluding hydrogens is 258 g/mol. The molecule has 0 N–H and O–H groups in total. The molecule has 3 heteroatoms. The van der Waals surface area contributed by atoms with E-state index < -0.39 is 11.6 Å². The van der Waals surface area contributed by atoms with Crippen LogP contribution in [-0.4, -0.2) is 5.78 Å². The standard InChI is InChI=1S/C17H24F2O/c1-3-4-5-6-7-8-9-10-17(20)14-12-15(18)13(2)11-16(14)19/h11-12H,3-10H2,1-2H3. The van der Waals surface area contributed by atoms with Crippen molar-refractivity contribution in [1.82, 2.24) is 0 Å². The summed E-state index contributed by atoms with van der Waals surface area (Å²) in [5.74, 6) is -1.43. The molecule has 0 fully saturated rings. The Morgan fingerprint density at radius 1 is 0.950 bits per heavy atom. The number of unbranched alkanes of at least 4 members (excludes halogenated alkanes) is 6. The smallest absolute Gasteiger partial charge is 0.165 e. The van der Waals surface area contributed by atoms with Crippen molar-refractivity contribution < 1.29 is 13.6 Å². The molecule has 0 radical (unpaired) electrons. The molecule has 1 aromatic rings. The minimum absolute atomic E-state index is 0.112. The highest BCUT2D eigenvalue weighted by molar-refractivity contribution is 5.96. The number of hydrogen-bond donors (Lipinski definition) is 0. The van der Waals surface area contributed by atoms with E-state index in [9.17, 15) is 13.6 Å². The van der Waals surface area contributed by atoms with Crippen molar-refractivity contribution in [2.24, 2.45) is 0 Å². The zero-order valence-electron chi connectivity index (χ0n) is 12.5. The van der Waals surface area contributed by atoms with Crippen LogP contribution in [0, 0.1) is 18.6 Å². The number of Topliss-reactive ketones (excluding diaryl/α,β-unsaturated/α-hetero) is 1. The van der Waals surface area contributed by atoms with Gasteiger partial charge in [0, 0.05) is 6.42 Å². The van der Waals surface area contributed by atoms with Crippen LogP contribution in [0.15, 0.2) is 12.1 Å². The third-order valence-corrected chi connectivity index (χ3v) is 3.56. The Hall–Kier alpha value is -1.25. The molecule has 1 rings (SSSR count). The molecule has 1 nitrogen and oxygen atoms in total. The Balaban J connectivity index is 2.34. The average Bonchev–Trinajstić information content (AvgIpc) is 2.41. The quantitative estimate of drug-likeness (QED) is 0.426. The molecule has 0 atom stereocenters. The van der Waals surface area contributed by atoms with Gasteiger partial charge in [0.2, 0.25) is 0 Å². The van der Waals surface area contributed by atoms with Gasteiger partial charge in [-0.1, -0.05) is 45.4 Å². The highest BCUT2D eigenvalue weighted by Gasteiger charge is 2.14. The van der Waals surface area contributed by atoms with Crippen molar-refractivity contribution in [2.45, 2.75) is 65.2 Å². The van der Waals surface area contributed by atoms with Crippen molar-refractivity contribution in [3.8, 4) is 0 Å². The van der Waals surface area contributed by atoms with E-state index in [0.29, 0.717) is 6.42 Å². The van der Waals surface area contributed by atoms with Gasteiger partial charge in [0.05, 0.1) is 5.56 Å². The molecule has 0 saturated carbocycles. The Morgan fingerprint density at radius 3 is 2.20 bits per heavy atom. The molecule has 0 saturated heterocycles. The van der Waals surface area contributed by atoms with Crippen LogP contribution in [0.25, 0.3) is 0 Å². The van der Waals surface area contributed by atoms with Gasteiger partial charge in [0.15, 0.2) is 5.78 Å². The van der Waals surface area contributed by atoms with Gasteiger partial charge in [-0.05, 0) is 31.0 Å². The largest absolute Gasteiger partial charge is 0.294 e. The molecule has 0 aliphatic carbocycles. The molecule has 0 spiro atoms. The summed E-state index contributed by atoms with van der Waals surface area (Å²) in [6.45, 7) is 3.66. The normalized spacial score (nSPS) is 10.8. The molecule has 0 aliphatic heterocycles. The van der Waals surface area contributed by atoms with Gasteiger partial charge in [-0.15, -0.1) is 0 Å². The highest BCUT2D eigenvalue weighted by Crippen LogP contribution is 2.17. The number of hydrogen-bond acceptors (Lipinski definition) is 1. The van der Waals surface area contributed by atoms with Gasteiger partial charge >= 0.3 is 0 Å². The summed E-state index contributed by atoms with van der Waals surface area (Å²) in [6, 6.07) is 2.11. The fourth-order valence-electron chi connectivity index (χ4n) is 2.24. The van der Waals surface area contributed by atoms with Crippen LogP contribution in [0.1, 0.15) is 74.2 Å². The summed E-state index contributed by atoms with van der Waals surface area (Å²) in [5, 5.41) is 0. The Labute approximate surface area is 120 Å². The Bertz CT molecular complexity index is 441. The monoisotopic (exact) mass is 282 g/mol. The lowest BCUT2D eigenvalue weighted by Gasteiger charge is -2.05. The third kappa shape index (κ3) is 5.40. The number of benzene rings is 1. The molecule has 112 valence electrons. The van der Waals surface area contributed by atoms with E-state index in [2.05, 4.69) is 6.92 Å². The lowest BCUT2D eigenvalue weighted by molar-refractivity contribution is 0.0974. The minimum atomic E-state index is -0.614. The van der Waals surface area contributed by atoms with E-state index in [-0.39, 0.29) is 16.9 Å². The summed E-state index contributed by atoms with van der Waals surface area (Å²) in [4.78, 5) is 11.9. The highest BCUT2D eigenvalue weighted by atomic mass is 19.1. The van der Waals surface area contributed by atoms with Crippen LogP contribution >= 0.6 is 0 Å². The summed E-state index contributed by atoms with van der Waals surface area (Å²) in [5.41, 5.74) is 0.119. The number of halogens is 2. The SMILES string of the molecule is CCCCCCCCCC(=O)c1cc(F)c(C)cc1F. The molecule has 0 heterocycles. The number of carbonyl (C=O) groups excluding carboxylic acids is 1. The van der Waals surface area contributed by atoms with Gasteiger partial charge < -0.3 is 0 Å². The lowest BCUT2D eigenvalue weighted by Crippen LogP contribution is -2.04. The zero-order valence-corrected chi connectivity index (χ0v) is 12.5. The molecule has 0 amide bonds. The molecular formula is C17H24F2O. The Kier molecular flexibility index (Phi) is 7.42. The van der Waals surface area contributed by atoms with Crippen LogP contribution in [0.4, 0.5) is 8.78 Å². The van der Waals surface area contributed by atoms with E-state index in [0.717, 1.165) is 31.4 Å². The first-order chi connectivity index (χ1) is 9.56. The van der Waals surface area contributed by atoms with Gasteiger partial charge in [-0.25, -0.2) is 8.78 Å². The van der Waals surface area contributed by atoms with E-state index in [1.807, 2.05) is 0 Å². The molecule has 0 aliphatic rings. The van der Waals surface area contributed by atoms with Crippen LogP contribution in [0.2, 0.25) is 0 Å². The predicted molar refractivity (Wildman–Crippen MR) is 78.0 cm³/mol. The predicted octanol–water partition coefficient (Wildman–Crippen LogP) is 5.60. The van der Waals surface area contributed by atoms with Gasteiger partial charge in [0.1, 0.15) is 11.6 Å². The van der Waals surface area contributed by atoms with Gasteiger partial charge in [0.25, 0.3) is 0 Å². The van der Waals surface area contributed by atoms with E-state index in [1.54, 1.807) is 0 Å². The summed E-state index contributed by atoms with van der Waals surface area (Å²) in [6.07, 6.45) is 8.04. The number of rotatable bonds is 9. The molecule has 1 aromatic carbocycles. The second-order valence-corrected chi connectivity index (χ2v) is 5.38. The summed E-state index contributed by atoms with van der Waals surface area (Å²) >= 11 is 0. The first-order valence-corrected chi connectivity index (χ1v) is 7.55. The maximum Gasteiger partial charge on any atom is 0.165 e. The lowest BCUT2D eigenvalue weighted by atomic mass is 10.0. The van der Waals surface area contributed by atoms with Crippen LogP contribution in [-0.2, 0) is 0 Å². The summed E-state index contributed by atoms with van der Waals surface area (Å²) in [7, 11) is 0. The maximum atomic E-state index is 13.6. The van der Waals surface area contributed by atoms with Crippen molar-refractivity contribution in [2.75, 3.05) is 0 Å².